The maximum Gasteiger partial charge on any atom is 0.329 e. The number of rotatable bonds is 8. The summed E-state index contributed by atoms with van der Waals surface area (Å²) in [6.07, 6.45) is 5.40. The van der Waals surface area contributed by atoms with Crippen LogP contribution >= 0.6 is 12.2 Å². The number of likely N-dealkylation sites (tertiary alicyclic amines) is 2. The highest BCUT2D eigenvalue weighted by atomic mass is 32.1. The molecule has 4 aromatic rings. The lowest BCUT2D eigenvalue weighted by Crippen LogP contribution is -2.46. The number of benzene rings is 3. The summed E-state index contributed by atoms with van der Waals surface area (Å²) in [6.45, 7) is 5.89. The number of nitrogens with zero attached hydrogens (tertiary/aromatic N) is 4. The van der Waals surface area contributed by atoms with E-state index in [1.807, 2.05) is 28.8 Å². The van der Waals surface area contributed by atoms with E-state index in [9.17, 15) is 4.79 Å². The molecule has 6 rings (SSSR count). The van der Waals surface area contributed by atoms with E-state index in [0.717, 1.165) is 61.6 Å². The standard InChI is InChI=1S/C33H39N5OS/c39-33-37(23-11-22-35-20-9-10-21-35)29-16-7-8-17-30(29)38(33)28-18-24-36(25-19-28)32(40)34-31(26-12-3-1-4-13-26)27-14-5-2-6-15-27/h1-8,12-17,28,31H,9-11,18-25H2,(H,34,40). The van der Waals surface area contributed by atoms with Crippen molar-refractivity contribution < 1.29 is 0 Å². The third-order valence-corrected chi connectivity index (χ3v) is 8.95. The Morgan fingerprint density at radius 1 is 0.775 bits per heavy atom. The van der Waals surface area contributed by atoms with Crippen LogP contribution in [-0.2, 0) is 6.54 Å². The number of piperidine rings is 1. The summed E-state index contributed by atoms with van der Waals surface area (Å²) in [5, 5.41) is 4.42. The lowest BCUT2D eigenvalue weighted by molar-refractivity contribution is 0.262. The highest BCUT2D eigenvalue weighted by molar-refractivity contribution is 7.80. The molecule has 208 valence electrons. The molecule has 0 unspecified atom stereocenters. The summed E-state index contributed by atoms with van der Waals surface area (Å²) in [4.78, 5) is 18.5. The van der Waals surface area contributed by atoms with Gasteiger partial charge >= 0.3 is 5.69 Å². The molecular weight excluding hydrogens is 514 g/mol. The van der Waals surface area contributed by atoms with Crippen molar-refractivity contribution in [3.8, 4) is 0 Å². The molecule has 0 spiro atoms. The van der Waals surface area contributed by atoms with Crippen molar-refractivity contribution >= 4 is 28.4 Å². The summed E-state index contributed by atoms with van der Waals surface area (Å²) < 4.78 is 4.07. The van der Waals surface area contributed by atoms with Crippen LogP contribution in [-0.4, -0.2) is 56.8 Å². The Hall–Kier alpha value is -3.42. The number of fused-ring (bicyclic) bond motifs is 1. The van der Waals surface area contributed by atoms with Gasteiger partial charge in [-0.05, 0) is 87.2 Å². The first-order valence-electron chi connectivity index (χ1n) is 14.8. The molecule has 0 saturated carbocycles. The molecule has 3 heterocycles. The van der Waals surface area contributed by atoms with Gasteiger partial charge in [-0.3, -0.25) is 9.13 Å². The Balaban J connectivity index is 1.14. The van der Waals surface area contributed by atoms with Crippen molar-refractivity contribution in [2.45, 2.75) is 50.7 Å². The van der Waals surface area contributed by atoms with Crippen molar-refractivity contribution in [3.63, 3.8) is 0 Å². The second kappa shape index (κ2) is 12.4. The third kappa shape index (κ3) is 5.72. The topological polar surface area (TPSA) is 45.4 Å². The molecule has 2 aliphatic rings. The predicted molar refractivity (Wildman–Crippen MR) is 167 cm³/mol. The van der Waals surface area contributed by atoms with E-state index >= 15 is 0 Å². The summed E-state index contributed by atoms with van der Waals surface area (Å²) in [7, 11) is 0. The summed E-state index contributed by atoms with van der Waals surface area (Å²) in [5.41, 5.74) is 4.63. The smallest absolute Gasteiger partial charge is 0.329 e. The van der Waals surface area contributed by atoms with Gasteiger partial charge in [0.05, 0.1) is 17.1 Å². The zero-order valence-corrected chi connectivity index (χ0v) is 23.9. The Bertz CT molecular complexity index is 1430. The van der Waals surface area contributed by atoms with Crippen molar-refractivity contribution in [1.82, 2.24) is 24.3 Å². The van der Waals surface area contributed by atoms with Crippen LogP contribution in [0.25, 0.3) is 11.0 Å². The van der Waals surface area contributed by atoms with E-state index in [0.29, 0.717) is 0 Å². The number of hydrogen-bond donors (Lipinski definition) is 1. The minimum Gasteiger partial charge on any atom is -0.352 e. The number of imidazole rings is 1. The highest BCUT2D eigenvalue weighted by Crippen LogP contribution is 2.27. The van der Waals surface area contributed by atoms with Crippen LogP contribution in [0, 0.1) is 0 Å². The molecule has 1 N–H and O–H groups in total. The zero-order valence-electron chi connectivity index (χ0n) is 23.1. The van der Waals surface area contributed by atoms with E-state index in [1.54, 1.807) is 0 Å². The van der Waals surface area contributed by atoms with Gasteiger partial charge in [-0.1, -0.05) is 72.8 Å². The van der Waals surface area contributed by atoms with Gasteiger partial charge in [0.25, 0.3) is 0 Å². The molecule has 0 radical (unpaired) electrons. The number of thiocarbonyl (C=S) groups is 1. The number of aryl methyl sites for hydroxylation is 1. The van der Waals surface area contributed by atoms with Crippen LogP contribution in [0.4, 0.5) is 0 Å². The Morgan fingerprint density at radius 2 is 1.35 bits per heavy atom. The van der Waals surface area contributed by atoms with Crippen molar-refractivity contribution in [3.05, 3.63) is 107 Å². The van der Waals surface area contributed by atoms with Crippen LogP contribution in [0.3, 0.4) is 0 Å². The SMILES string of the molecule is O=c1n(CCCN2CCCC2)c2ccccc2n1C1CCN(C(=S)NC(c2ccccc2)c2ccccc2)CC1. The second-order valence-corrected chi connectivity index (χ2v) is 11.5. The van der Waals surface area contributed by atoms with Crippen LogP contribution in [0.15, 0.2) is 89.7 Å². The molecule has 3 aromatic carbocycles. The fourth-order valence-corrected chi connectivity index (χ4v) is 6.75. The summed E-state index contributed by atoms with van der Waals surface area (Å²) >= 11 is 5.94. The molecule has 2 saturated heterocycles. The normalized spacial score (nSPS) is 16.7. The zero-order chi connectivity index (χ0) is 27.3. The molecule has 2 fully saturated rings. The van der Waals surface area contributed by atoms with Gasteiger partial charge in [0.15, 0.2) is 5.11 Å². The minimum absolute atomic E-state index is 0.00576. The molecule has 0 atom stereocenters. The molecule has 6 nitrogen and oxygen atoms in total. The van der Waals surface area contributed by atoms with E-state index in [1.165, 1.54) is 37.1 Å². The minimum atomic E-state index is -0.00576. The molecule has 1 aromatic heterocycles. The lowest BCUT2D eigenvalue weighted by atomic mass is 9.99. The fourth-order valence-electron chi connectivity index (χ4n) is 6.45. The third-order valence-electron chi connectivity index (χ3n) is 8.57. The Morgan fingerprint density at radius 3 is 1.98 bits per heavy atom. The first kappa shape index (κ1) is 26.8. The first-order valence-corrected chi connectivity index (χ1v) is 15.2. The maximum atomic E-state index is 13.8. The van der Waals surface area contributed by atoms with Crippen molar-refractivity contribution in [1.29, 1.82) is 0 Å². The quantitative estimate of drug-likeness (QED) is 0.288. The molecule has 0 aliphatic carbocycles. The van der Waals surface area contributed by atoms with E-state index in [4.69, 9.17) is 12.2 Å². The predicted octanol–water partition coefficient (Wildman–Crippen LogP) is 5.59. The molecule has 2 aliphatic heterocycles. The van der Waals surface area contributed by atoms with Crippen molar-refractivity contribution in [2.75, 3.05) is 32.7 Å². The van der Waals surface area contributed by atoms with Gasteiger partial charge in [0, 0.05) is 25.7 Å². The average molecular weight is 554 g/mol. The Labute approximate surface area is 242 Å². The maximum absolute atomic E-state index is 13.8. The number of aromatic nitrogens is 2. The van der Waals surface area contributed by atoms with E-state index in [2.05, 4.69) is 80.3 Å². The fraction of sp³-hybridized carbons (Fsp3) is 0.394. The van der Waals surface area contributed by atoms with Crippen LogP contribution in [0.1, 0.15) is 55.3 Å². The van der Waals surface area contributed by atoms with Crippen molar-refractivity contribution in [2.24, 2.45) is 0 Å². The van der Waals surface area contributed by atoms with Crippen LogP contribution in [0.5, 0.6) is 0 Å². The molecule has 7 heteroatoms. The first-order chi connectivity index (χ1) is 19.7. The van der Waals surface area contributed by atoms with Gasteiger partial charge in [0.1, 0.15) is 0 Å². The molecule has 40 heavy (non-hydrogen) atoms. The molecular formula is C33H39N5OS. The number of para-hydroxylation sites is 2. The van der Waals surface area contributed by atoms with Crippen LogP contribution < -0.4 is 11.0 Å². The van der Waals surface area contributed by atoms with Gasteiger partial charge in [0.2, 0.25) is 0 Å². The average Bonchev–Trinajstić information content (AvgIpc) is 3.63. The molecule has 0 bridgehead atoms. The number of nitrogens with one attached hydrogen (secondary N) is 1. The largest absolute Gasteiger partial charge is 0.352 e. The lowest BCUT2D eigenvalue weighted by Gasteiger charge is -2.35. The second-order valence-electron chi connectivity index (χ2n) is 11.1. The van der Waals surface area contributed by atoms with E-state index in [-0.39, 0.29) is 17.8 Å². The Kier molecular flexibility index (Phi) is 8.30. The van der Waals surface area contributed by atoms with Gasteiger partial charge in [-0.2, -0.15) is 0 Å². The molecule has 0 amide bonds. The number of hydrogen-bond acceptors (Lipinski definition) is 3. The van der Waals surface area contributed by atoms with Gasteiger partial charge in [-0.15, -0.1) is 0 Å². The van der Waals surface area contributed by atoms with Crippen LogP contribution in [0.2, 0.25) is 0 Å². The van der Waals surface area contributed by atoms with Gasteiger partial charge < -0.3 is 15.1 Å². The highest BCUT2D eigenvalue weighted by Gasteiger charge is 2.27. The summed E-state index contributed by atoms with van der Waals surface area (Å²) in [5.74, 6) is 0. The van der Waals surface area contributed by atoms with E-state index < -0.39 is 0 Å². The summed E-state index contributed by atoms with van der Waals surface area (Å²) in [6, 6.07) is 29.4. The monoisotopic (exact) mass is 553 g/mol. The van der Waals surface area contributed by atoms with Gasteiger partial charge in [-0.25, -0.2) is 4.79 Å².